The number of rotatable bonds is 5. The van der Waals surface area contributed by atoms with Gasteiger partial charge >= 0.3 is 0 Å². The zero-order valence-electron chi connectivity index (χ0n) is 15.9. The molecule has 1 fully saturated rings. The maximum atomic E-state index is 13.6. The van der Waals surface area contributed by atoms with Crippen molar-refractivity contribution in [1.29, 1.82) is 0 Å². The van der Waals surface area contributed by atoms with E-state index >= 15 is 0 Å². The van der Waals surface area contributed by atoms with Gasteiger partial charge in [-0.25, -0.2) is 0 Å². The molecule has 0 bridgehead atoms. The number of ketones is 1. The fourth-order valence-electron chi connectivity index (χ4n) is 4.18. The lowest BCUT2D eigenvalue weighted by Gasteiger charge is -2.36. The van der Waals surface area contributed by atoms with Crippen LogP contribution in [0.15, 0.2) is 48.0 Å². The predicted octanol–water partition coefficient (Wildman–Crippen LogP) is 4.23. The predicted molar refractivity (Wildman–Crippen MR) is 108 cm³/mol. The molecule has 2 aliphatic rings. The van der Waals surface area contributed by atoms with Gasteiger partial charge in [0.05, 0.1) is 26.4 Å². The Hall–Kier alpha value is -2.17. The van der Waals surface area contributed by atoms with Gasteiger partial charge in [-0.2, -0.15) is 0 Å². The van der Waals surface area contributed by atoms with Crippen LogP contribution < -0.4 is 4.74 Å². The maximum absolute atomic E-state index is 13.6. The van der Waals surface area contributed by atoms with E-state index in [-0.39, 0.29) is 11.8 Å². The van der Waals surface area contributed by atoms with Gasteiger partial charge in [-0.15, -0.1) is 0 Å². The number of hydrogen-bond acceptors (Lipinski definition) is 4. The van der Waals surface area contributed by atoms with E-state index in [2.05, 4.69) is 11.0 Å². The molecule has 142 valence electrons. The average molecular weight is 365 g/mol. The number of fused-ring (bicyclic) bond motifs is 1. The number of carbonyl (C=O) groups excluding carboxylic acids is 1. The van der Waals surface area contributed by atoms with Crippen LogP contribution in [0.25, 0.3) is 10.8 Å². The van der Waals surface area contributed by atoms with Crippen molar-refractivity contribution >= 4 is 16.6 Å². The highest BCUT2D eigenvalue weighted by Gasteiger charge is 2.31. The Morgan fingerprint density at radius 2 is 1.85 bits per heavy atom. The molecule has 0 saturated carbocycles. The number of ether oxygens (including phenoxy) is 2. The molecule has 2 aromatic rings. The van der Waals surface area contributed by atoms with Crippen LogP contribution in [-0.2, 0) is 4.74 Å². The number of carbonyl (C=O) groups is 1. The molecule has 1 aliphatic carbocycles. The molecule has 4 nitrogen and oxygen atoms in total. The van der Waals surface area contributed by atoms with E-state index in [1.165, 1.54) is 18.4 Å². The van der Waals surface area contributed by atoms with Crippen LogP contribution in [-0.4, -0.2) is 50.1 Å². The summed E-state index contributed by atoms with van der Waals surface area (Å²) in [6, 6.07) is 11.8. The van der Waals surface area contributed by atoms with E-state index in [1.54, 1.807) is 7.11 Å². The average Bonchev–Trinajstić information content (AvgIpc) is 2.74. The van der Waals surface area contributed by atoms with Gasteiger partial charge in [0.25, 0.3) is 0 Å². The third kappa shape index (κ3) is 3.92. The third-order valence-corrected chi connectivity index (χ3v) is 5.67. The van der Waals surface area contributed by atoms with Crippen LogP contribution in [0.5, 0.6) is 5.75 Å². The fraction of sp³-hybridized carbons (Fsp3) is 0.435. The van der Waals surface area contributed by atoms with Crippen LogP contribution in [0.2, 0.25) is 0 Å². The summed E-state index contributed by atoms with van der Waals surface area (Å²) in [6.45, 7) is 3.04. The van der Waals surface area contributed by atoms with Crippen molar-refractivity contribution in [3.63, 3.8) is 0 Å². The SMILES string of the molecule is COc1ccc2cc(C(=O)C(C3=CCCCC3)N3CCOCC3)ccc2c1. The van der Waals surface area contributed by atoms with Crippen LogP contribution in [0.4, 0.5) is 0 Å². The molecule has 0 amide bonds. The second-order valence-corrected chi connectivity index (χ2v) is 7.37. The number of hydrogen-bond donors (Lipinski definition) is 0. The van der Waals surface area contributed by atoms with Crippen molar-refractivity contribution in [2.24, 2.45) is 0 Å². The zero-order chi connectivity index (χ0) is 18.6. The minimum absolute atomic E-state index is 0.148. The molecule has 0 N–H and O–H groups in total. The number of morpholine rings is 1. The normalized spacial score (nSPS) is 19.5. The second-order valence-electron chi connectivity index (χ2n) is 7.37. The van der Waals surface area contributed by atoms with Gasteiger partial charge in [-0.3, -0.25) is 9.69 Å². The Balaban J connectivity index is 1.67. The van der Waals surface area contributed by atoms with Crippen molar-refractivity contribution < 1.29 is 14.3 Å². The summed E-state index contributed by atoms with van der Waals surface area (Å²) in [5.41, 5.74) is 2.08. The minimum atomic E-state index is -0.148. The molecular weight excluding hydrogens is 338 g/mol. The topological polar surface area (TPSA) is 38.8 Å². The van der Waals surface area contributed by atoms with Crippen molar-refractivity contribution in [1.82, 2.24) is 4.90 Å². The lowest BCUT2D eigenvalue weighted by Crippen LogP contribution is -2.48. The van der Waals surface area contributed by atoms with E-state index in [0.29, 0.717) is 13.2 Å². The second kappa shape index (κ2) is 8.24. The molecule has 1 atom stereocenters. The lowest BCUT2D eigenvalue weighted by molar-refractivity contribution is 0.0230. The van der Waals surface area contributed by atoms with Gasteiger partial charge in [0.2, 0.25) is 0 Å². The molecule has 4 rings (SSSR count). The zero-order valence-corrected chi connectivity index (χ0v) is 15.9. The Kier molecular flexibility index (Phi) is 5.55. The monoisotopic (exact) mass is 365 g/mol. The lowest BCUT2D eigenvalue weighted by atomic mass is 9.87. The summed E-state index contributed by atoms with van der Waals surface area (Å²) in [7, 11) is 1.67. The quantitative estimate of drug-likeness (QED) is 0.587. The van der Waals surface area contributed by atoms with Crippen LogP contribution >= 0.6 is 0 Å². The maximum Gasteiger partial charge on any atom is 0.184 e. The van der Waals surface area contributed by atoms with Crippen LogP contribution in [0.3, 0.4) is 0 Å². The molecule has 1 aliphatic heterocycles. The van der Waals surface area contributed by atoms with E-state index in [0.717, 1.165) is 48.0 Å². The van der Waals surface area contributed by atoms with Gasteiger partial charge in [-0.05, 0) is 60.2 Å². The van der Waals surface area contributed by atoms with E-state index in [1.807, 2.05) is 36.4 Å². The molecule has 27 heavy (non-hydrogen) atoms. The summed E-state index contributed by atoms with van der Waals surface area (Å²) in [6.07, 6.45) is 6.82. The van der Waals surface area contributed by atoms with Crippen molar-refractivity contribution in [3.8, 4) is 5.75 Å². The van der Waals surface area contributed by atoms with Crippen molar-refractivity contribution in [3.05, 3.63) is 53.6 Å². The van der Waals surface area contributed by atoms with E-state index in [4.69, 9.17) is 9.47 Å². The number of benzene rings is 2. The largest absolute Gasteiger partial charge is 0.497 e. The first kappa shape index (κ1) is 18.2. The van der Waals surface area contributed by atoms with Crippen LogP contribution in [0.1, 0.15) is 36.0 Å². The van der Waals surface area contributed by atoms with Gasteiger partial charge < -0.3 is 9.47 Å². The Bertz CT molecular complexity index is 852. The van der Waals surface area contributed by atoms with Gasteiger partial charge in [0, 0.05) is 18.7 Å². The Labute approximate surface area is 160 Å². The first-order valence-corrected chi connectivity index (χ1v) is 9.89. The summed E-state index contributed by atoms with van der Waals surface area (Å²) in [5, 5.41) is 2.16. The first-order chi connectivity index (χ1) is 13.3. The van der Waals surface area contributed by atoms with E-state index < -0.39 is 0 Å². The number of nitrogens with zero attached hydrogens (tertiary/aromatic N) is 1. The molecular formula is C23H27NO3. The number of methoxy groups -OCH3 is 1. The molecule has 2 aromatic carbocycles. The summed E-state index contributed by atoms with van der Waals surface area (Å²) >= 11 is 0. The molecule has 4 heteroatoms. The van der Waals surface area contributed by atoms with Crippen molar-refractivity contribution in [2.75, 3.05) is 33.4 Å². The summed E-state index contributed by atoms with van der Waals surface area (Å²) in [5.74, 6) is 1.04. The summed E-state index contributed by atoms with van der Waals surface area (Å²) in [4.78, 5) is 15.9. The van der Waals surface area contributed by atoms with E-state index in [9.17, 15) is 4.79 Å². The number of Topliss-reactive ketones (excluding diaryl/α,β-unsaturated/α-hetero) is 1. The smallest absolute Gasteiger partial charge is 0.184 e. The fourth-order valence-corrected chi connectivity index (χ4v) is 4.18. The van der Waals surface area contributed by atoms with Crippen molar-refractivity contribution in [2.45, 2.75) is 31.7 Å². The number of allylic oxidation sites excluding steroid dienone is 1. The minimum Gasteiger partial charge on any atom is -0.497 e. The molecule has 0 aromatic heterocycles. The third-order valence-electron chi connectivity index (χ3n) is 5.67. The van der Waals surface area contributed by atoms with Gasteiger partial charge in [-0.1, -0.05) is 24.3 Å². The Morgan fingerprint density at radius 1 is 1.07 bits per heavy atom. The molecule has 0 radical (unpaired) electrons. The highest BCUT2D eigenvalue weighted by Crippen LogP contribution is 2.28. The standard InChI is InChI=1S/C23H27NO3/c1-26-21-10-9-18-15-20(8-7-19(18)16-21)23(25)22(17-5-3-2-4-6-17)24-11-13-27-14-12-24/h5,7-10,15-16,22H,2-4,6,11-14H2,1H3. The molecule has 1 unspecified atom stereocenters. The highest BCUT2D eigenvalue weighted by molar-refractivity contribution is 6.04. The van der Waals surface area contributed by atoms with Gasteiger partial charge in [0.1, 0.15) is 5.75 Å². The first-order valence-electron chi connectivity index (χ1n) is 9.89. The summed E-state index contributed by atoms with van der Waals surface area (Å²) < 4.78 is 10.8. The molecule has 1 saturated heterocycles. The van der Waals surface area contributed by atoms with Gasteiger partial charge in [0.15, 0.2) is 5.78 Å². The highest BCUT2D eigenvalue weighted by atomic mass is 16.5. The van der Waals surface area contributed by atoms with Crippen LogP contribution in [0, 0.1) is 0 Å². The molecule has 0 spiro atoms. The molecule has 1 heterocycles. The Morgan fingerprint density at radius 3 is 2.59 bits per heavy atom.